The Kier molecular flexibility index (Phi) is 9.12. The first-order valence-corrected chi connectivity index (χ1v) is 13.0. The minimum Gasteiger partial charge on any atom is -0.493 e. The van der Waals surface area contributed by atoms with Gasteiger partial charge in [-0.1, -0.05) is 0 Å². The van der Waals surface area contributed by atoms with Gasteiger partial charge in [0.1, 0.15) is 0 Å². The third kappa shape index (κ3) is 4.84. The topological polar surface area (TPSA) is 100 Å². The van der Waals surface area contributed by atoms with Crippen molar-refractivity contribution in [1.29, 1.82) is 0 Å². The van der Waals surface area contributed by atoms with E-state index in [9.17, 15) is 0 Å². The summed E-state index contributed by atoms with van der Waals surface area (Å²) < 4.78 is 65.5. The maximum absolute atomic E-state index is 15.6. The second kappa shape index (κ2) is 12.1. The summed E-state index contributed by atoms with van der Waals surface area (Å²) in [6.07, 6.45) is 0. The molecule has 0 saturated heterocycles. The SMILES string of the molecule is COc1cc(P(=O)(c2cc(OC)c(OC)c(OC)c2)c2cc(OC)c(OC)c(OC)c2)cc(OC)c1OC. The van der Waals surface area contributed by atoms with E-state index in [0.717, 1.165) is 0 Å². The summed E-state index contributed by atoms with van der Waals surface area (Å²) in [5.74, 6) is 3.09. The normalized spacial score (nSPS) is 10.9. The Morgan fingerprint density at radius 1 is 0.368 bits per heavy atom. The molecule has 0 fully saturated rings. The molecule has 3 rings (SSSR count). The summed E-state index contributed by atoms with van der Waals surface area (Å²) in [5, 5.41) is 1.15. The van der Waals surface area contributed by atoms with Gasteiger partial charge in [-0.15, -0.1) is 0 Å². The van der Waals surface area contributed by atoms with Gasteiger partial charge in [0.25, 0.3) is 0 Å². The highest BCUT2D eigenvalue weighted by Gasteiger charge is 2.36. The largest absolute Gasteiger partial charge is 0.493 e. The lowest BCUT2D eigenvalue weighted by atomic mass is 10.3. The molecule has 0 N–H and O–H groups in total. The summed E-state index contributed by atoms with van der Waals surface area (Å²) in [5.41, 5.74) is 0. The number of methoxy groups -OCH3 is 9. The van der Waals surface area contributed by atoms with E-state index in [1.807, 2.05) is 0 Å². The van der Waals surface area contributed by atoms with E-state index in [2.05, 4.69) is 0 Å². The zero-order valence-electron chi connectivity index (χ0n) is 23.0. The number of benzene rings is 3. The van der Waals surface area contributed by atoms with E-state index in [1.54, 1.807) is 36.4 Å². The van der Waals surface area contributed by atoms with Crippen LogP contribution in [0, 0.1) is 0 Å². The second-order valence-electron chi connectivity index (χ2n) is 7.76. The lowest BCUT2D eigenvalue weighted by Gasteiger charge is -2.25. The third-order valence-corrected chi connectivity index (χ3v) is 9.00. The van der Waals surface area contributed by atoms with Crippen LogP contribution in [0.3, 0.4) is 0 Å². The summed E-state index contributed by atoms with van der Waals surface area (Å²) in [4.78, 5) is 0. The molecule has 0 unspecified atom stereocenters. The molecule has 0 aromatic heterocycles. The number of hydrogen-bond acceptors (Lipinski definition) is 10. The lowest BCUT2D eigenvalue weighted by Crippen LogP contribution is -2.26. The molecule has 206 valence electrons. The molecule has 11 heteroatoms. The predicted molar refractivity (Wildman–Crippen MR) is 145 cm³/mol. The van der Waals surface area contributed by atoms with Gasteiger partial charge in [0.2, 0.25) is 17.2 Å². The molecule has 0 radical (unpaired) electrons. The molecule has 0 heterocycles. The van der Waals surface area contributed by atoms with Crippen LogP contribution in [0.4, 0.5) is 0 Å². The smallest absolute Gasteiger partial charge is 0.203 e. The van der Waals surface area contributed by atoms with Crippen LogP contribution >= 0.6 is 7.14 Å². The summed E-state index contributed by atoms with van der Waals surface area (Å²) in [6.45, 7) is 0. The van der Waals surface area contributed by atoms with Crippen LogP contribution in [0.5, 0.6) is 51.7 Å². The Bertz CT molecular complexity index is 1100. The van der Waals surface area contributed by atoms with Gasteiger partial charge in [0, 0.05) is 15.9 Å². The lowest BCUT2D eigenvalue weighted by molar-refractivity contribution is 0.324. The zero-order valence-corrected chi connectivity index (χ0v) is 23.9. The molecule has 0 spiro atoms. The maximum Gasteiger partial charge on any atom is 0.203 e. The van der Waals surface area contributed by atoms with E-state index < -0.39 is 7.14 Å². The molecule has 0 aliphatic heterocycles. The number of rotatable bonds is 12. The summed E-state index contributed by atoms with van der Waals surface area (Å²) in [7, 11) is 9.69. The zero-order chi connectivity index (χ0) is 28.0. The van der Waals surface area contributed by atoms with Gasteiger partial charge in [-0.3, -0.25) is 0 Å². The van der Waals surface area contributed by atoms with Gasteiger partial charge in [0.05, 0.1) is 64.0 Å². The fourth-order valence-electron chi connectivity index (χ4n) is 4.19. The monoisotopic (exact) mass is 548 g/mol. The van der Waals surface area contributed by atoms with Crippen molar-refractivity contribution in [3.05, 3.63) is 36.4 Å². The Morgan fingerprint density at radius 3 is 0.684 bits per heavy atom. The van der Waals surface area contributed by atoms with E-state index in [-0.39, 0.29) is 0 Å². The molecule has 3 aromatic carbocycles. The first-order chi connectivity index (χ1) is 18.3. The van der Waals surface area contributed by atoms with Crippen molar-refractivity contribution in [2.24, 2.45) is 0 Å². The van der Waals surface area contributed by atoms with Crippen LogP contribution in [0.2, 0.25) is 0 Å². The quantitative estimate of drug-likeness (QED) is 0.313. The highest BCUT2D eigenvalue weighted by Crippen LogP contribution is 2.52. The average molecular weight is 549 g/mol. The van der Waals surface area contributed by atoms with E-state index in [4.69, 9.17) is 42.6 Å². The number of ether oxygens (including phenoxy) is 9. The third-order valence-electron chi connectivity index (χ3n) is 6.04. The van der Waals surface area contributed by atoms with E-state index >= 15 is 4.57 Å². The Labute approximate surface area is 222 Å². The van der Waals surface area contributed by atoms with Gasteiger partial charge < -0.3 is 47.2 Å². The fourth-order valence-corrected chi connectivity index (χ4v) is 6.88. The average Bonchev–Trinajstić information content (AvgIpc) is 2.97. The Hall–Kier alpha value is -3.91. The van der Waals surface area contributed by atoms with Crippen LogP contribution in [0.25, 0.3) is 0 Å². The van der Waals surface area contributed by atoms with Gasteiger partial charge in [-0.05, 0) is 36.4 Å². The number of hydrogen-bond donors (Lipinski definition) is 0. The Morgan fingerprint density at radius 2 is 0.553 bits per heavy atom. The van der Waals surface area contributed by atoms with Crippen molar-refractivity contribution in [3.8, 4) is 51.7 Å². The van der Waals surface area contributed by atoms with Crippen molar-refractivity contribution in [1.82, 2.24) is 0 Å². The van der Waals surface area contributed by atoms with Gasteiger partial charge in [-0.2, -0.15) is 0 Å². The molecule has 0 aliphatic rings. The van der Waals surface area contributed by atoms with Crippen LogP contribution in [-0.4, -0.2) is 64.0 Å². The van der Waals surface area contributed by atoms with Crippen LogP contribution in [-0.2, 0) is 4.57 Å². The molecule has 0 amide bonds. The van der Waals surface area contributed by atoms with E-state index in [0.29, 0.717) is 67.7 Å². The standard InChI is InChI=1S/C27H33O10P/c1-29-19-10-16(11-20(30-2)25(19)35-7)38(28,17-12-21(31-3)26(36-8)22(13-17)32-4)18-14-23(33-5)27(37-9)24(15-18)34-6/h10-15H,1-9H3. The van der Waals surface area contributed by atoms with Crippen molar-refractivity contribution < 1.29 is 47.2 Å². The van der Waals surface area contributed by atoms with Gasteiger partial charge in [-0.25, -0.2) is 0 Å². The van der Waals surface area contributed by atoms with Gasteiger partial charge in [0.15, 0.2) is 41.6 Å². The molecule has 0 atom stereocenters. The second-order valence-corrected chi connectivity index (χ2v) is 10.5. The minimum absolute atomic E-state index is 0.335. The molecule has 0 bridgehead atoms. The van der Waals surface area contributed by atoms with Crippen molar-refractivity contribution in [2.75, 3.05) is 64.0 Å². The molecule has 10 nitrogen and oxygen atoms in total. The van der Waals surface area contributed by atoms with Crippen molar-refractivity contribution in [3.63, 3.8) is 0 Å². The van der Waals surface area contributed by atoms with Crippen molar-refractivity contribution in [2.45, 2.75) is 0 Å². The van der Waals surface area contributed by atoms with Crippen LogP contribution < -0.4 is 58.5 Å². The molecule has 3 aromatic rings. The van der Waals surface area contributed by atoms with Gasteiger partial charge >= 0.3 is 0 Å². The fraction of sp³-hybridized carbons (Fsp3) is 0.333. The van der Waals surface area contributed by atoms with E-state index in [1.165, 1.54) is 64.0 Å². The minimum atomic E-state index is -3.75. The molecule has 38 heavy (non-hydrogen) atoms. The summed E-state index contributed by atoms with van der Waals surface area (Å²) in [6, 6.07) is 9.88. The van der Waals surface area contributed by atoms with Crippen LogP contribution in [0.1, 0.15) is 0 Å². The highest BCUT2D eigenvalue weighted by molar-refractivity contribution is 7.85. The first kappa shape index (κ1) is 28.7. The Balaban J connectivity index is 2.53. The molecular weight excluding hydrogens is 515 g/mol. The first-order valence-electron chi connectivity index (χ1n) is 11.3. The predicted octanol–water partition coefficient (Wildman–Crippen LogP) is 3.40. The summed E-state index contributed by atoms with van der Waals surface area (Å²) >= 11 is 0. The molecule has 0 aliphatic carbocycles. The van der Waals surface area contributed by atoms with Crippen LogP contribution in [0.15, 0.2) is 36.4 Å². The molecular formula is C27H33O10P. The maximum atomic E-state index is 15.6. The molecule has 0 saturated carbocycles. The van der Waals surface area contributed by atoms with Crippen molar-refractivity contribution >= 4 is 23.1 Å². The highest BCUT2D eigenvalue weighted by atomic mass is 31.2.